The number of benzene rings is 2. The molecule has 0 aliphatic heterocycles. The number of hydrogen-bond acceptors (Lipinski definition) is 3. The van der Waals surface area contributed by atoms with E-state index < -0.39 is 11.7 Å². The van der Waals surface area contributed by atoms with E-state index in [0.717, 1.165) is 11.1 Å². The molecule has 3 rings (SSSR count). The van der Waals surface area contributed by atoms with Crippen LogP contribution in [0.4, 0.5) is 4.39 Å². The summed E-state index contributed by atoms with van der Waals surface area (Å²) >= 11 is 6.12. The van der Waals surface area contributed by atoms with Gasteiger partial charge in [0.15, 0.2) is 0 Å². The number of amides is 1. The molecule has 1 amide bonds. The van der Waals surface area contributed by atoms with Gasteiger partial charge in [-0.25, -0.2) is 9.82 Å². The lowest BCUT2D eigenvalue weighted by molar-refractivity contribution is 0.0955. The Morgan fingerprint density at radius 1 is 1.16 bits per heavy atom. The second kappa shape index (κ2) is 7.32. The topological polar surface area (TPSA) is 54.6 Å². The van der Waals surface area contributed by atoms with Crippen molar-refractivity contribution in [2.75, 3.05) is 0 Å². The Bertz CT molecular complexity index is 933. The number of rotatable bonds is 4. The highest BCUT2D eigenvalue weighted by atomic mass is 35.5. The van der Waals surface area contributed by atoms with Crippen LogP contribution in [0.5, 0.6) is 0 Å². The number of nitrogens with one attached hydrogen (secondary N) is 1. The van der Waals surface area contributed by atoms with Crippen LogP contribution in [0, 0.1) is 12.7 Å². The molecule has 0 fully saturated rings. The van der Waals surface area contributed by atoms with Crippen molar-refractivity contribution in [2.45, 2.75) is 6.92 Å². The molecule has 6 heteroatoms. The summed E-state index contributed by atoms with van der Waals surface area (Å²) in [6, 6.07) is 14.4. The van der Waals surface area contributed by atoms with E-state index in [1.165, 1.54) is 30.5 Å². The van der Waals surface area contributed by atoms with Crippen LogP contribution in [0.3, 0.4) is 0 Å². The van der Waals surface area contributed by atoms with Crippen molar-refractivity contribution in [1.29, 1.82) is 0 Å². The molecule has 0 aliphatic rings. The van der Waals surface area contributed by atoms with Gasteiger partial charge in [-0.05, 0) is 55.0 Å². The van der Waals surface area contributed by atoms with Crippen LogP contribution < -0.4 is 5.43 Å². The molecule has 0 spiro atoms. The molecule has 2 aromatic carbocycles. The monoisotopic (exact) mass is 356 g/mol. The summed E-state index contributed by atoms with van der Waals surface area (Å²) in [5.41, 5.74) is 4.51. The summed E-state index contributed by atoms with van der Waals surface area (Å²) in [6.45, 7) is 1.93. The van der Waals surface area contributed by atoms with Crippen LogP contribution in [0.25, 0.3) is 11.3 Å². The number of carbonyl (C=O) groups is 1. The molecule has 25 heavy (non-hydrogen) atoms. The first kappa shape index (κ1) is 16.9. The van der Waals surface area contributed by atoms with Gasteiger partial charge in [-0.15, -0.1) is 0 Å². The lowest BCUT2D eigenvalue weighted by atomic mass is 10.1. The fraction of sp³-hybridized carbons (Fsp3) is 0.0526. The third-order valence-electron chi connectivity index (χ3n) is 3.55. The predicted molar refractivity (Wildman–Crippen MR) is 95.4 cm³/mol. The molecule has 0 aliphatic carbocycles. The molecule has 126 valence electrons. The SMILES string of the molecule is Cc1ccc(-c2ccc(/C=N\NC(=O)c3ccc(F)cc3)o2)cc1Cl. The van der Waals surface area contributed by atoms with Gasteiger partial charge in [0.25, 0.3) is 5.91 Å². The standard InChI is InChI=1S/C19H14ClFN2O2/c1-12-2-3-14(10-17(12)20)18-9-8-16(25-18)11-22-23-19(24)13-4-6-15(21)7-5-13/h2-11H,1H3,(H,23,24)/b22-11-. The maximum absolute atomic E-state index is 12.8. The summed E-state index contributed by atoms with van der Waals surface area (Å²) in [4.78, 5) is 11.8. The number of nitrogens with zero attached hydrogens (tertiary/aromatic N) is 1. The largest absolute Gasteiger partial charge is 0.455 e. The lowest BCUT2D eigenvalue weighted by Crippen LogP contribution is -2.17. The van der Waals surface area contributed by atoms with Crippen LogP contribution in [-0.2, 0) is 0 Å². The molecule has 1 aromatic heterocycles. The third-order valence-corrected chi connectivity index (χ3v) is 3.95. The number of carbonyl (C=O) groups excluding carboxylic acids is 1. The Morgan fingerprint density at radius 3 is 2.64 bits per heavy atom. The van der Waals surface area contributed by atoms with Gasteiger partial charge < -0.3 is 4.42 Å². The van der Waals surface area contributed by atoms with E-state index in [0.29, 0.717) is 22.1 Å². The van der Waals surface area contributed by atoms with E-state index in [1.54, 1.807) is 12.1 Å². The zero-order chi connectivity index (χ0) is 17.8. The number of furan rings is 1. The molecule has 1 N–H and O–H groups in total. The Balaban J connectivity index is 1.66. The van der Waals surface area contributed by atoms with Crippen LogP contribution in [0.1, 0.15) is 21.7 Å². The second-order valence-electron chi connectivity index (χ2n) is 5.37. The number of halogens is 2. The Kier molecular flexibility index (Phi) is 4.95. The molecule has 0 atom stereocenters. The zero-order valence-corrected chi connectivity index (χ0v) is 14.0. The molecule has 4 nitrogen and oxygen atoms in total. The summed E-state index contributed by atoms with van der Waals surface area (Å²) < 4.78 is 18.5. The smallest absolute Gasteiger partial charge is 0.271 e. The van der Waals surface area contributed by atoms with E-state index in [-0.39, 0.29) is 0 Å². The van der Waals surface area contributed by atoms with Crippen LogP contribution in [-0.4, -0.2) is 12.1 Å². The molecule has 0 radical (unpaired) electrons. The Labute approximate surface area is 148 Å². The van der Waals surface area contributed by atoms with Crippen molar-refractivity contribution in [3.05, 3.63) is 82.3 Å². The quantitative estimate of drug-likeness (QED) is 0.538. The molecule has 3 aromatic rings. The number of hydrazone groups is 1. The summed E-state index contributed by atoms with van der Waals surface area (Å²) in [6.07, 6.45) is 1.39. The molecule has 0 saturated heterocycles. The average Bonchev–Trinajstić information content (AvgIpc) is 3.07. The van der Waals surface area contributed by atoms with Crippen LogP contribution in [0.15, 0.2) is 64.1 Å². The minimum absolute atomic E-state index is 0.313. The Morgan fingerprint density at radius 2 is 1.92 bits per heavy atom. The van der Waals surface area contributed by atoms with Crippen molar-refractivity contribution in [3.8, 4) is 11.3 Å². The third kappa shape index (κ3) is 4.14. The number of hydrogen-bond donors (Lipinski definition) is 1. The van der Waals surface area contributed by atoms with Gasteiger partial charge in [0.2, 0.25) is 0 Å². The average molecular weight is 357 g/mol. The summed E-state index contributed by atoms with van der Waals surface area (Å²) in [5.74, 6) is 0.284. The predicted octanol–water partition coefficient (Wildman–Crippen LogP) is 4.81. The van der Waals surface area contributed by atoms with Gasteiger partial charge in [-0.3, -0.25) is 4.79 Å². The maximum Gasteiger partial charge on any atom is 0.271 e. The summed E-state index contributed by atoms with van der Waals surface area (Å²) in [5, 5.41) is 4.50. The van der Waals surface area contributed by atoms with E-state index in [1.807, 2.05) is 25.1 Å². The minimum atomic E-state index is -0.437. The van der Waals surface area contributed by atoms with Gasteiger partial charge in [0.1, 0.15) is 17.3 Å². The van der Waals surface area contributed by atoms with Crippen molar-refractivity contribution >= 4 is 23.7 Å². The molecular formula is C19H14ClFN2O2. The molecule has 0 bridgehead atoms. The molecule has 0 unspecified atom stereocenters. The Hall–Kier alpha value is -2.92. The van der Waals surface area contributed by atoms with E-state index in [4.69, 9.17) is 16.0 Å². The van der Waals surface area contributed by atoms with Gasteiger partial charge >= 0.3 is 0 Å². The fourth-order valence-corrected chi connectivity index (χ4v) is 2.32. The number of aryl methyl sites for hydroxylation is 1. The highest BCUT2D eigenvalue weighted by Crippen LogP contribution is 2.26. The van der Waals surface area contributed by atoms with Crippen molar-refractivity contribution in [1.82, 2.24) is 5.43 Å². The van der Waals surface area contributed by atoms with Gasteiger partial charge in [0, 0.05) is 16.1 Å². The molecule has 1 heterocycles. The molecular weight excluding hydrogens is 343 g/mol. The van der Waals surface area contributed by atoms with Gasteiger partial charge in [0.05, 0.1) is 6.21 Å². The zero-order valence-electron chi connectivity index (χ0n) is 13.3. The normalized spacial score (nSPS) is 11.0. The van der Waals surface area contributed by atoms with E-state index in [2.05, 4.69) is 10.5 Å². The van der Waals surface area contributed by atoms with Crippen molar-refractivity contribution in [2.24, 2.45) is 5.10 Å². The second-order valence-corrected chi connectivity index (χ2v) is 5.78. The lowest BCUT2D eigenvalue weighted by Gasteiger charge is -2.01. The van der Waals surface area contributed by atoms with E-state index >= 15 is 0 Å². The van der Waals surface area contributed by atoms with Gasteiger partial charge in [-0.2, -0.15) is 5.10 Å². The molecule has 0 saturated carbocycles. The first-order chi connectivity index (χ1) is 12.0. The van der Waals surface area contributed by atoms with E-state index in [9.17, 15) is 9.18 Å². The van der Waals surface area contributed by atoms with Crippen LogP contribution in [0.2, 0.25) is 5.02 Å². The fourth-order valence-electron chi connectivity index (χ4n) is 2.14. The maximum atomic E-state index is 12.8. The van der Waals surface area contributed by atoms with Gasteiger partial charge in [-0.1, -0.05) is 23.7 Å². The van der Waals surface area contributed by atoms with Crippen molar-refractivity contribution < 1.29 is 13.6 Å². The minimum Gasteiger partial charge on any atom is -0.455 e. The highest BCUT2D eigenvalue weighted by Gasteiger charge is 2.06. The van der Waals surface area contributed by atoms with Crippen LogP contribution >= 0.6 is 11.6 Å². The highest BCUT2D eigenvalue weighted by molar-refractivity contribution is 6.31. The van der Waals surface area contributed by atoms with Crippen molar-refractivity contribution in [3.63, 3.8) is 0 Å². The summed E-state index contributed by atoms with van der Waals surface area (Å²) in [7, 11) is 0. The first-order valence-corrected chi connectivity index (χ1v) is 7.86. The first-order valence-electron chi connectivity index (χ1n) is 7.48.